The molecule has 134 valence electrons. The minimum Gasteiger partial charge on any atom is -0.481 e. The molecule has 0 saturated carbocycles. The van der Waals surface area contributed by atoms with E-state index in [-0.39, 0.29) is 11.7 Å². The van der Waals surface area contributed by atoms with Gasteiger partial charge in [-0.05, 0) is 54.1 Å². The molecule has 0 radical (unpaired) electrons. The first kappa shape index (κ1) is 17.2. The zero-order valence-electron chi connectivity index (χ0n) is 13.3. The molecule has 1 unspecified atom stereocenters. The molecule has 1 aliphatic rings. The van der Waals surface area contributed by atoms with E-state index in [1.807, 2.05) is 4.90 Å². The Balaban J connectivity index is 1.71. The number of carboxylic acids is 1. The van der Waals surface area contributed by atoms with Gasteiger partial charge in [0.2, 0.25) is 0 Å². The first-order chi connectivity index (χ1) is 12.0. The maximum Gasteiger partial charge on any atom is 0.387 e. The van der Waals surface area contributed by atoms with Crippen molar-refractivity contribution in [3.05, 3.63) is 30.1 Å². The van der Waals surface area contributed by atoms with Gasteiger partial charge in [-0.2, -0.15) is 13.5 Å². The van der Waals surface area contributed by atoms with Crippen molar-refractivity contribution >= 4 is 5.97 Å². The maximum atomic E-state index is 12.2. The maximum absolute atomic E-state index is 12.2. The lowest BCUT2D eigenvalue weighted by Crippen LogP contribution is -2.38. The van der Waals surface area contributed by atoms with Gasteiger partial charge in [-0.1, -0.05) is 0 Å². The highest BCUT2D eigenvalue weighted by atomic mass is 19.3. The fourth-order valence-corrected chi connectivity index (χ4v) is 2.87. The molecule has 10 heteroatoms. The number of likely N-dealkylation sites (tertiary alicyclic amines) is 1. The third-order valence-corrected chi connectivity index (χ3v) is 4.06. The Morgan fingerprint density at radius 3 is 2.80 bits per heavy atom. The highest BCUT2D eigenvalue weighted by molar-refractivity contribution is 5.70. The number of halogens is 2. The summed E-state index contributed by atoms with van der Waals surface area (Å²) in [6.07, 6.45) is 1.47. The second-order valence-electron chi connectivity index (χ2n) is 5.79. The first-order valence-electron chi connectivity index (χ1n) is 7.80. The van der Waals surface area contributed by atoms with Gasteiger partial charge in [-0.15, -0.1) is 5.10 Å². The molecule has 1 aliphatic heterocycles. The van der Waals surface area contributed by atoms with E-state index in [1.165, 1.54) is 16.8 Å². The molecule has 3 rings (SSSR count). The number of carbonyl (C=O) groups is 1. The average molecular weight is 353 g/mol. The van der Waals surface area contributed by atoms with Gasteiger partial charge in [0.15, 0.2) is 5.82 Å². The van der Waals surface area contributed by atoms with Crippen LogP contribution in [0.25, 0.3) is 5.69 Å². The van der Waals surface area contributed by atoms with Crippen molar-refractivity contribution in [2.45, 2.75) is 26.0 Å². The van der Waals surface area contributed by atoms with E-state index in [0.717, 1.165) is 13.0 Å². The summed E-state index contributed by atoms with van der Waals surface area (Å²) in [5, 5.41) is 20.7. The molecular weight excluding hydrogens is 336 g/mol. The lowest BCUT2D eigenvalue weighted by Gasteiger charge is -2.29. The van der Waals surface area contributed by atoms with Crippen LogP contribution in [0.5, 0.6) is 5.75 Å². The van der Waals surface area contributed by atoms with Crippen molar-refractivity contribution in [2.75, 3.05) is 13.1 Å². The number of rotatable bonds is 6. The van der Waals surface area contributed by atoms with Crippen molar-refractivity contribution in [3.63, 3.8) is 0 Å². The number of hydrogen-bond acceptors (Lipinski definition) is 6. The van der Waals surface area contributed by atoms with Gasteiger partial charge in [0, 0.05) is 6.54 Å². The highest BCUT2D eigenvalue weighted by Crippen LogP contribution is 2.20. The molecule has 2 aromatic rings. The van der Waals surface area contributed by atoms with Crippen LogP contribution >= 0.6 is 0 Å². The highest BCUT2D eigenvalue weighted by Gasteiger charge is 2.26. The van der Waals surface area contributed by atoms with Gasteiger partial charge in [0.1, 0.15) is 5.75 Å². The molecule has 2 heterocycles. The molecule has 0 spiro atoms. The van der Waals surface area contributed by atoms with Crippen molar-refractivity contribution in [1.82, 2.24) is 25.1 Å². The number of aliphatic carboxylic acids is 1. The summed E-state index contributed by atoms with van der Waals surface area (Å²) < 4.78 is 30.2. The standard InChI is InChI=1S/C15H17F2N5O3/c16-15(17)25-12-5-3-11(4-6-12)22-13(18-19-20-22)9-21-7-1-2-10(8-21)14(23)24/h3-6,10,15H,1-2,7-9H2,(H,23,24). The summed E-state index contributed by atoms with van der Waals surface area (Å²) >= 11 is 0. The lowest BCUT2D eigenvalue weighted by molar-refractivity contribution is -0.143. The molecule has 0 bridgehead atoms. The van der Waals surface area contributed by atoms with Crippen LogP contribution in [0, 0.1) is 5.92 Å². The summed E-state index contributed by atoms with van der Waals surface area (Å²) in [7, 11) is 0. The van der Waals surface area contributed by atoms with Crippen LogP contribution < -0.4 is 4.74 Å². The number of hydrogen-bond donors (Lipinski definition) is 1. The number of alkyl halides is 2. The quantitative estimate of drug-likeness (QED) is 0.842. The number of piperidine rings is 1. The Kier molecular flexibility index (Phi) is 5.17. The Labute approximate surface area is 142 Å². The summed E-state index contributed by atoms with van der Waals surface area (Å²) in [6, 6.07) is 5.98. The second kappa shape index (κ2) is 7.51. The van der Waals surface area contributed by atoms with Crippen molar-refractivity contribution in [2.24, 2.45) is 5.92 Å². The summed E-state index contributed by atoms with van der Waals surface area (Å²) in [6.45, 7) is -1.25. The smallest absolute Gasteiger partial charge is 0.387 e. The Bertz CT molecular complexity index is 722. The van der Waals surface area contributed by atoms with E-state index in [0.29, 0.717) is 31.0 Å². The molecule has 25 heavy (non-hydrogen) atoms. The molecule has 1 fully saturated rings. The predicted octanol–water partition coefficient (Wildman–Crippen LogP) is 1.56. The SMILES string of the molecule is O=C(O)C1CCCN(Cc2nnnn2-c2ccc(OC(F)F)cc2)C1. The van der Waals surface area contributed by atoms with E-state index >= 15 is 0 Å². The lowest BCUT2D eigenvalue weighted by atomic mass is 9.98. The molecular formula is C15H17F2N5O3. The number of nitrogens with zero attached hydrogens (tertiary/aromatic N) is 5. The number of carboxylic acid groups (broad SMARTS) is 1. The third-order valence-electron chi connectivity index (χ3n) is 4.06. The number of aromatic nitrogens is 4. The van der Waals surface area contributed by atoms with E-state index in [1.54, 1.807) is 12.1 Å². The van der Waals surface area contributed by atoms with E-state index in [9.17, 15) is 13.6 Å². The normalized spacial score (nSPS) is 18.4. The fourth-order valence-electron chi connectivity index (χ4n) is 2.87. The molecule has 1 N–H and O–H groups in total. The minimum absolute atomic E-state index is 0.0497. The van der Waals surface area contributed by atoms with E-state index in [4.69, 9.17) is 5.11 Å². The number of tetrazole rings is 1. The zero-order valence-corrected chi connectivity index (χ0v) is 13.3. The summed E-state index contributed by atoms with van der Waals surface area (Å²) in [4.78, 5) is 13.2. The van der Waals surface area contributed by atoms with E-state index in [2.05, 4.69) is 20.3 Å². The molecule has 1 aromatic carbocycles. The van der Waals surface area contributed by atoms with Crippen LogP contribution in [-0.4, -0.2) is 55.9 Å². The van der Waals surface area contributed by atoms with Gasteiger partial charge >= 0.3 is 12.6 Å². The van der Waals surface area contributed by atoms with Crippen LogP contribution in [0.4, 0.5) is 8.78 Å². The van der Waals surface area contributed by atoms with Crippen LogP contribution in [0.1, 0.15) is 18.7 Å². The van der Waals surface area contributed by atoms with Gasteiger partial charge < -0.3 is 9.84 Å². The zero-order chi connectivity index (χ0) is 17.8. The first-order valence-corrected chi connectivity index (χ1v) is 7.80. The van der Waals surface area contributed by atoms with Gasteiger partial charge in [-0.25, -0.2) is 0 Å². The van der Waals surface area contributed by atoms with Crippen LogP contribution in [0.3, 0.4) is 0 Å². The summed E-state index contributed by atoms with van der Waals surface area (Å²) in [5.74, 6) is -0.579. The van der Waals surface area contributed by atoms with Gasteiger partial charge in [-0.3, -0.25) is 9.69 Å². The Morgan fingerprint density at radius 1 is 1.36 bits per heavy atom. The van der Waals surface area contributed by atoms with Crippen LogP contribution in [0.15, 0.2) is 24.3 Å². The van der Waals surface area contributed by atoms with Crippen molar-refractivity contribution < 1.29 is 23.4 Å². The Hall–Kier alpha value is -2.62. The Morgan fingerprint density at radius 2 is 2.12 bits per heavy atom. The van der Waals surface area contributed by atoms with E-state index < -0.39 is 12.6 Å². The molecule has 1 atom stereocenters. The van der Waals surface area contributed by atoms with Crippen molar-refractivity contribution in [1.29, 1.82) is 0 Å². The van der Waals surface area contributed by atoms with Crippen LogP contribution in [0.2, 0.25) is 0 Å². The monoisotopic (exact) mass is 353 g/mol. The molecule has 0 amide bonds. The fraction of sp³-hybridized carbons (Fsp3) is 0.467. The van der Waals surface area contributed by atoms with Crippen LogP contribution in [-0.2, 0) is 11.3 Å². The summed E-state index contributed by atoms with van der Waals surface area (Å²) in [5.41, 5.74) is 0.605. The molecule has 1 aromatic heterocycles. The average Bonchev–Trinajstić information content (AvgIpc) is 3.03. The largest absolute Gasteiger partial charge is 0.481 e. The predicted molar refractivity (Wildman–Crippen MR) is 81.4 cm³/mol. The topological polar surface area (TPSA) is 93.4 Å². The molecule has 0 aliphatic carbocycles. The number of ether oxygens (including phenoxy) is 1. The molecule has 8 nitrogen and oxygen atoms in total. The third kappa shape index (κ3) is 4.27. The number of benzene rings is 1. The van der Waals surface area contributed by atoms with Gasteiger partial charge in [0.05, 0.1) is 18.2 Å². The minimum atomic E-state index is -2.88. The second-order valence-corrected chi connectivity index (χ2v) is 5.79. The van der Waals surface area contributed by atoms with Crippen molar-refractivity contribution in [3.8, 4) is 11.4 Å². The van der Waals surface area contributed by atoms with Gasteiger partial charge in [0.25, 0.3) is 0 Å². The molecule has 1 saturated heterocycles.